The Morgan fingerprint density at radius 1 is 1.29 bits per heavy atom. The van der Waals surface area contributed by atoms with E-state index in [4.69, 9.17) is 16.3 Å². The number of rotatable bonds is 4. The first kappa shape index (κ1) is 15.9. The summed E-state index contributed by atoms with van der Waals surface area (Å²) in [6.45, 7) is 3.68. The van der Waals surface area contributed by atoms with Crippen LogP contribution in [0.4, 0.5) is 5.69 Å². The summed E-state index contributed by atoms with van der Waals surface area (Å²) in [6, 6.07) is 12.8. The lowest BCUT2D eigenvalue weighted by Gasteiger charge is -2.15. The van der Waals surface area contributed by atoms with Gasteiger partial charge in [-0.2, -0.15) is 0 Å². The maximum Gasteiger partial charge on any atom is 0.265 e. The molecule has 1 unspecified atom stereocenters. The molecule has 2 aromatic rings. The van der Waals surface area contributed by atoms with Gasteiger partial charge in [-0.1, -0.05) is 23.7 Å². The minimum absolute atomic E-state index is 0.227. The van der Waals surface area contributed by atoms with Crippen molar-refractivity contribution in [1.29, 1.82) is 0 Å². The quantitative estimate of drug-likeness (QED) is 0.840. The maximum absolute atomic E-state index is 12.1. The van der Waals surface area contributed by atoms with Crippen LogP contribution in [0.5, 0.6) is 5.75 Å². The second kappa shape index (κ2) is 6.96. The van der Waals surface area contributed by atoms with Crippen molar-refractivity contribution < 1.29 is 9.53 Å². The summed E-state index contributed by atoms with van der Waals surface area (Å²) < 4.78 is 6.41. The number of carbonyl (C=O) groups excluding carboxylic acids is 1. The van der Waals surface area contributed by atoms with Crippen molar-refractivity contribution in [3.8, 4) is 5.75 Å². The Bertz CT molecular complexity index is 660. The first-order chi connectivity index (χ1) is 9.95. The molecule has 0 aliphatic carbocycles. The van der Waals surface area contributed by atoms with E-state index in [0.29, 0.717) is 16.5 Å². The van der Waals surface area contributed by atoms with Gasteiger partial charge in [0.05, 0.1) is 5.02 Å². The average Bonchev–Trinajstić information content (AvgIpc) is 2.43. The van der Waals surface area contributed by atoms with Crippen LogP contribution in [0.1, 0.15) is 12.5 Å². The van der Waals surface area contributed by atoms with E-state index in [2.05, 4.69) is 21.2 Å². The highest BCUT2D eigenvalue weighted by atomic mass is 79.9. The Labute approximate surface area is 137 Å². The van der Waals surface area contributed by atoms with Crippen LogP contribution >= 0.6 is 27.5 Å². The summed E-state index contributed by atoms with van der Waals surface area (Å²) in [5.41, 5.74) is 1.72. The first-order valence-corrected chi connectivity index (χ1v) is 7.62. The number of halogens is 2. The van der Waals surface area contributed by atoms with Crippen LogP contribution < -0.4 is 10.1 Å². The summed E-state index contributed by atoms with van der Waals surface area (Å²) >= 11 is 9.30. The molecule has 3 nitrogen and oxygen atoms in total. The molecular weight excluding hydrogens is 354 g/mol. The number of ether oxygens (including phenoxy) is 1. The van der Waals surface area contributed by atoms with Crippen LogP contribution in [0.25, 0.3) is 0 Å². The van der Waals surface area contributed by atoms with Gasteiger partial charge in [0.15, 0.2) is 6.10 Å². The molecule has 0 bridgehead atoms. The standard InChI is InChI=1S/C16H15BrClNO2/c1-10-4-3-5-13(8-10)21-11(2)16(20)19-12-6-7-14(17)15(18)9-12/h3-9,11H,1-2H3,(H,19,20). The lowest BCUT2D eigenvalue weighted by Crippen LogP contribution is -2.30. The second-order valence-electron chi connectivity index (χ2n) is 4.69. The van der Waals surface area contributed by atoms with E-state index in [9.17, 15) is 4.79 Å². The van der Waals surface area contributed by atoms with Gasteiger partial charge < -0.3 is 10.1 Å². The van der Waals surface area contributed by atoms with Crippen LogP contribution in [0.3, 0.4) is 0 Å². The fraction of sp³-hybridized carbons (Fsp3) is 0.188. The number of hydrogen-bond donors (Lipinski definition) is 1. The zero-order valence-electron chi connectivity index (χ0n) is 11.7. The van der Waals surface area contributed by atoms with Crippen molar-refractivity contribution in [3.63, 3.8) is 0 Å². The highest BCUT2D eigenvalue weighted by molar-refractivity contribution is 9.10. The summed E-state index contributed by atoms with van der Waals surface area (Å²) in [6.07, 6.45) is -0.603. The Kier molecular flexibility index (Phi) is 5.26. The zero-order chi connectivity index (χ0) is 15.4. The topological polar surface area (TPSA) is 38.3 Å². The van der Waals surface area contributed by atoms with E-state index in [1.807, 2.05) is 31.2 Å². The Hall–Kier alpha value is -1.52. The molecule has 110 valence electrons. The van der Waals surface area contributed by atoms with E-state index in [1.165, 1.54) is 0 Å². The van der Waals surface area contributed by atoms with Crippen molar-refractivity contribution >= 4 is 39.1 Å². The van der Waals surface area contributed by atoms with E-state index >= 15 is 0 Å². The van der Waals surface area contributed by atoms with Gasteiger partial charge in [0.2, 0.25) is 0 Å². The summed E-state index contributed by atoms with van der Waals surface area (Å²) in [4.78, 5) is 12.1. The van der Waals surface area contributed by atoms with E-state index < -0.39 is 6.10 Å². The second-order valence-corrected chi connectivity index (χ2v) is 5.96. The summed E-state index contributed by atoms with van der Waals surface area (Å²) in [5, 5.41) is 3.32. The molecule has 1 atom stereocenters. The SMILES string of the molecule is Cc1cccc(OC(C)C(=O)Nc2ccc(Br)c(Cl)c2)c1. The van der Waals surface area contributed by atoms with Crippen molar-refractivity contribution in [2.24, 2.45) is 0 Å². The van der Waals surface area contributed by atoms with E-state index in [0.717, 1.165) is 10.0 Å². The van der Waals surface area contributed by atoms with Gasteiger partial charge in [-0.3, -0.25) is 4.79 Å². The Morgan fingerprint density at radius 3 is 2.71 bits per heavy atom. The molecule has 0 aliphatic heterocycles. The molecule has 1 amide bonds. The monoisotopic (exact) mass is 367 g/mol. The number of anilines is 1. The molecule has 0 aromatic heterocycles. The highest BCUT2D eigenvalue weighted by Gasteiger charge is 2.15. The van der Waals surface area contributed by atoms with Gasteiger partial charge in [0, 0.05) is 10.2 Å². The van der Waals surface area contributed by atoms with Crippen molar-refractivity contribution in [1.82, 2.24) is 0 Å². The fourth-order valence-corrected chi connectivity index (χ4v) is 2.19. The predicted octanol–water partition coefficient (Wildman–Crippen LogP) is 4.82. The van der Waals surface area contributed by atoms with Gasteiger partial charge in [0.25, 0.3) is 5.91 Å². The highest BCUT2D eigenvalue weighted by Crippen LogP contribution is 2.25. The number of aryl methyl sites for hydroxylation is 1. The molecule has 0 fully saturated rings. The zero-order valence-corrected chi connectivity index (χ0v) is 14.0. The third kappa shape index (κ3) is 4.48. The van der Waals surface area contributed by atoms with Crippen molar-refractivity contribution in [2.45, 2.75) is 20.0 Å². The van der Waals surface area contributed by atoms with Crippen LogP contribution in [-0.4, -0.2) is 12.0 Å². The molecule has 2 rings (SSSR count). The third-order valence-corrected chi connectivity index (χ3v) is 4.09. The average molecular weight is 369 g/mol. The van der Waals surface area contributed by atoms with Gasteiger partial charge in [0.1, 0.15) is 5.75 Å². The van der Waals surface area contributed by atoms with Gasteiger partial charge in [-0.15, -0.1) is 0 Å². The minimum Gasteiger partial charge on any atom is -0.481 e. The fourth-order valence-electron chi connectivity index (χ4n) is 1.76. The number of nitrogens with one attached hydrogen (secondary N) is 1. The molecule has 2 aromatic carbocycles. The molecule has 5 heteroatoms. The van der Waals surface area contributed by atoms with Gasteiger partial charge in [-0.25, -0.2) is 0 Å². The number of carbonyl (C=O) groups is 1. The van der Waals surface area contributed by atoms with Crippen molar-refractivity contribution in [2.75, 3.05) is 5.32 Å². The van der Waals surface area contributed by atoms with E-state index in [-0.39, 0.29) is 5.91 Å². The molecule has 0 radical (unpaired) electrons. The molecule has 0 saturated carbocycles. The third-order valence-electron chi connectivity index (χ3n) is 2.86. The van der Waals surface area contributed by atoms with E-state index in [1.54, 1.807) is 25.1 Å². The van der Waals surface area contributed by atoms with Gasteiger partial charge in [-0.05, 0) is 65.7 Å². The van der Waals surface area contributed by atoms with Gasteiger partial charge >= 0.3 is 0 Å². The molecule has 1 N–H and O–H groups in total. The largest absolute Gasteiger partial charge is 0.481 e. The van der Waals surface area contributed by atoms with Crippen LogP contribution in [-0.2, 0) is 4.79 Å². The van der Waals surface area contributed by atoms with Crippen LogP contribution in [0.2, 0.25) is 5.02 Å². The molecule has 0 heterocycles. The Morgan fingerprint density at radius 2 is 2.05 bits per heavy atom. The number of benzene rings is 2. The maximum atomic E-state index is 12.1. The first-order valence-electron chi connectivity index (χ1n) is 6.45. The predicted molar refractivity (Wildman–Crippen MR) is 89.1 cm³/mol. The van der Waals surface area contributed by atoms with Crippen molar-refractivity contribution in [3.05, 3.63) is 57.5 Å². The van der Waals surface area contributed by atoms with Crippen LogP contribution in [0, 0.1) is 6.92 Å². The number of hydrogen-bond acceptors (Lipinski definition) is 2. The van der Waals surface area contributed by atoms with Crippen LogP contribution in [0.15, 0.2) is 46.9 Å². The summed E-state index contributed by atoms with van der Waals surface area (Å²) in [7, 11) is 0. The minimum atomic E-state index is -0.603. The number of amides is 1. The Balaban J connectivity index is 2.00. The molecule has 0 saturated heterocycles. The lowest BCUT2D eigenvalue weighted by atomic mass is 10.2. The molecule has 21 heavy (non-hydrogen) atoms. The normalized spacial score (nSPS) is 11.8. The summed E-state index contributed by atoms with van der Waals surface area (Å²) in [5.74, 6) is 0.446. The molecule has 0 spiro atoms. The molecule has 0 aliphatic rings. The smallest absolute Gasteiger partial charge is 0.265 e. The molecular formula is C16H15BrClNO2. The lowest BCUT2D eigenvalue weighted by molar-refractivity contribution is -0.122.